The number of hydrogen-bond acceptors (Lipinski definition) is 6. The van der Waals surface area contributed by atoms with Gasteiger partial charge in [0.1, 0.15) is 24.2 Å². The van der Waals surface area contributed by atoms with Crippen molar-refractivity contribution in [3.8, 4) is 22.9 Å². The summed E-state index contributed by atoms with van der Waals surface area (Å²) in [5, 5.41) is 23.2. The van der Waals surface area contributed by atoms with Crippen LogP contribution >= 0.6 is 0 Å². The number of pyridine rings is 2. The standard InChI is InChI=1S/C21H23N5O2/c1-15(27)14-28-18-9-19(21-17(10-22)12-24-26(21)13-18)16-5-6-20(23-11-16)25-7-3-2-4-8-25/h5-6,9,11-13,15,27H,2-4,7-8,14H2,1H3/t15-/m0/s1. The second kappa shape index (κ2) is 7.87. The maximum absolute atomic E-state index is 9.50. The maximum Gasteiger partial charge on any atom is 0.138 e. The molecule has 28 heavy (non-hydrogen) atoms. The molecule has 1 saturated heterocycles. The van der Waals surface area contributed by atoms with Crippen molar-refractivity contribution in [3.63, 3.8) is 0 Å². The van der Waals surface area contributed by atoms with Crippen molar-refractivity contribution >= 4 is 11.3 Å². The van der Waals surface area contributed by atoms with Gasteiger partial charge in [-0.15, -0.1) is 0 Å². The van der Waals surface area contributed by atoms with E-state index in [1.807, 2.05) is 24.4 Å². The van der Waals surface area contributed by atoms with Crippen molar-refractivity contribution < 1.29 is 9.84 Å². The van der Waals surface area contributed by atoms with E-state index < -0.39 is 6.10 Å². The van der Waals surface area contributed by atoms with E-state index in [9.17, 15) is 10.4 Å². The normalized spacial score (nSPS) is 15.4. The monoisotopic (exact) mass is 377 g/mol. The predicted octanol–water partition coefficient (Wildman–Crippen LogP) is 3.02. The largest absolute Gasteiger partial charge is 0.489 e. The number of nitrogens with zero attached hydrogens (tertiary/aromatic N) is 5. The van der Waals surface area contributed by atoms with Crippen LogP contribution in [0, 0.1) is 11.3 Å². The van der Waals surface area contributed by atoms with Crippen molar-refractivity contribution in [1.29, 1.82) is 5.26 Å². The Kier molecular flexibility index (Phi) is 5.13. The van der Waals surface area contributed by atoms with Gasteiger partial charge in [0.2, 0.25) is 0 Å². The van der Waals surface area contributed by atoms with Crippen molar-refractivity contribution in [2.75, 3.05) is 24.6 Å². The Balaban J connectivity index is 1.73. The van der Waals surface area contributed by atoms with Crippen LogP contribution in [-0.4, -0.2) is 45.5 Å². The summed E-state index contributed by atoms with van der Waals surface area (Å²) < 4.78 is 7.32. The highest BCUT2D eigenvalue weighted by atomic mass is 16.5. The molecule has 7 nitrogen and oxygen atoms in total. The Morgan fingerprint density at radius 2 is 2.07 bits per heavy atom. The number of aliphatic hydroxyl groups excluding tert-OH is 1. The molecule has 0 spiro atoms. The fraction of sp³-hybridized carbons (Fsp3) is 0.381. The molecule has 3 aromatic rings. The summed E-state index contributed by atoms with van der Waals surface area (Å²) in [6.07, 6.45) is 8.22. The molecule has 1 atom stereocenters. The van der Waals surface area contributed by atoms with E-state index in [1.165, 1.54) is 19.3 Å². The summed E-state index contributed by atoms with van der Waals surface area (Å²) in [5.41, 5.74) is 2.94. The number of anilines is 1. The minimum atomic E-state index is -0.572. The summed E-state index contributed by atoms with van der Waals surface area (Å²) in [5.74, 6) is 1.56. The lowest BCUT2D eigenvalue weighted by Gasteiger charge is -2.27. The lowest BCUT2D eigenvalue weighted by molar-refractivity contribution is 0.122. The second-order valence-corrected chi connectivity index (χ2v) is 7.17. The fourth-order valence-corrected chi connectivity index (χ4v) is 3.55. The van der Waals surface area contributed by atoms with Gasteiger partial charge in [0.05, 0.1) is 29.6 Å². The van der Waals surface area contributed by atoms with Gasteiger partial charge in [0.25, 0.3) is 0 Å². The zero-order valence-corrected chi connectivity index (χ0v) is 15.9. The molecule has 1 aliphatic heterocycles. The van der Waals surface area contributed by atoms with E-state index in [4.69, 9.17) is 4.74 Å². The number of aliphatic hydroxyl groups is 1. The molecule has 144 valence electrons. The Bertz CT molecular complexity index is 998. The highest BCUT2D eigenvalue weighted by Gasteiger charge is 2.16. The van der Waals surface area contributed by atoms with Crippen molar-refractivity contribution in [1.82, 2.24) is 14.6 Å². The first-order valence-electron chi connectivity index (χ1n) is 9.59. The number of ether oxygens (including phenoxy) is 1. The zero-order valence-electron chi connectivity index (χ0n) is 15.9. The summed E-state index contributed by atoms with van der Waals surface area (Å²) >= 11 is 0. The summed E-state index contributed by atoms with van der Waals surface area (Å²) in [6.45, 7) is 3.94. The van der Waals surface area contributed by atoms with Gasteiger partial charge >= 0.3 is 0 Å². The Labute approximate surface area is 163 Å². The van der Waals surface area contributed by atoms with Gasteiger partial charge in [-0.25, -0.2) is 9.50 Å². The lowest BCUT2D eigenvalue weighted by Crippen LogP contribution is -2.29. The van der Waals surface area contributed by atoms with Crippen molar-refractivity contribution in [2.24, 2.45) is 0 Å². The topological polar surface area (TPSA) is 86.7 Å². The van der Waals surface area contributed by atoms with Gasteiger partial charge in [-0.05, 0) is 44.4 Å². The third-order valence-electron chi connectivity index (χ3n) is 4.94. The van der Waals surface area contributed by atoms with Crippen LogP contribution in [-0.2, 0) is 0 Å². The van der Waals surface area contributed by atoms with Gasteiger partial charge in [-0.2, -0.15) is 10.4 Å². The Morgan fingerprint density at radius 1 is 1.25 bits per heavy atom. The molecular weight excluding hydrogens is 354 g/mol. The van der Waals surface area contributed by atoms with Crippen LogP contribution in [0.5, 0.6) is 5.75 Å². The molecule has 4 rings (SSSR count). The molecule has 0 aromatic carbocycles. The first-order valence-corrected chi connectivity index (χ1v) is 9.59. The predicted molar refractivity (Wildman–Crippen MR) is 106 cm³/mol. The Hall–Kier alpha value is -3.11. The highest BCUT2D eigenvalue weighted by molar-refractivity contribution is 5.85. The molecular formula is C21H23N5O2. The van der Waals surface area contributed by atoms with Crippen LogP contribution in [0.1, 0.15) is 31.7 Å². The smallest absolute Gasteiger partial charge is 0.138 e. The molecule has 0 radical (unpaired) electrons. The maximum atomic E-state index is 9.50. The molecule has 1 fully saturated rings. The van der Waals surface area contributed by atoms with Gasteiger partial charge < -0.3 is 14.7 Å². The second-order valence-electron chi connectivity index (χ2n) is 7.17. The molecule has 1 aliphatic rings. The third kappa shape index (κ3) is 3.64. The van der Waals surface area contributed by atoms with Crippen LogP contribution < -0.4 is 9.64 Å². The van der Waals surface area contributed by atoms with Crippen LogP contribution in [0.25, 0.3) is 16.6 Å². The minimum absolute atomic E-state index is 0.184. The number of piperidine rings is 1. The molecule has 0 amide bonds. The van der Waals surface area contributed by atoms with E-state index in [-0.39, 0.29) is 6.61 Å². The zero-order chi connectivity index (χ0) is 19.5. The number of rotatable bonds is 5. The van der Waals surface area contributed by atoms with E-state index >= 15 is 0 Å². The number of aromatic nitrogens is 3. The van der Waals surface area contributed by atoms with Crippen LogP contribution in [0.15, 0.2) is 36.8 Å². The van der Waals surface area contributed by atoms with Crippen LogP contribution in [0.3, 0.4) is 0 Å². The van der Waals surface area contributed by atoms with Gasteiger partial charge in [-0.3, -0.25) is 0 Å². The highest BCUT2D eigenvalue weighted by Crippen LogP contribution is 2.31. The van der Waals surface area contributed by atoms with Crippen molar-refractivity contribution in [3.05, 3.63) is 42.4 Å². The van der Waals surface area contributed by atoms with Gasteiger partial charge in [-0.1, -0.05) is 0 Å². The number of nitriles is 1. The average Bonchev–Trinajstić information content (AvgIpc) is 3.15. The minimum Gasteiger partial charge on any atom is -0.489 e. The number of fused-ring (bicyclic) bond motifs is 1. The molecule has 7 heteroatoms. The first kappa shape index (κ1) is 18.3. The van der Waals surface area contributed by atoms with E-state index in [0.29, 0.717) is 11.3 Å². The lowest BCUT2D eigenvalue weighted by atomic mass is 10.0. The van der Waals surface area contributed by atoms with Gasteiger partial charge in [0.15, 0.2) is 0 Å². The molecule has 3 aromatic heterocycles. The molecule has 0 saturated carbocycles. The van der Waals surface area contributed by atoms with Gasteiger partial charge in [0, 0.05) is 30.4 Å². The van der Waals surface area contributed by atoms with E-state index in [1.54, 1.807) is 23.8 Å². The third-order valence-corrected chi connectivity index (χ3v) is 4.94. The summed E-state index contributed by atoms with van der Waals surface area (Å²) in [4.78, 5) is 6.97. The number of hydrogen-bond donors (Lipinski definition) is 1. The van der Waals surface area contributed by atoms with E-state index in [0.717, 1.165) is 35.6 Å². The molecule has 4 heterocycles. The van der Waals surface area contributed by atoms with Crippen molar-refractivity contribution in [2.45, 2.75) is 32.3 Å². The summed E-state index contributed by atoms with van der Waals surface area (Å²) in [7, 11) is 0. The SMILES string of the molecule is C[C@H](O)COc1cc(-c2ccc(N3CCCCC3)nc2)c2c(C#N)cnn2c1. The Morgan fingerprint density at radius 3 is 2.75 bits per heavy atom. The molecule has 1 N–H and O–H groups in total. The molecule has 0 aliphatic carbocycles. The van der Waals surface area contributed by atoms with Crippen LogP contribution in [0.2, 0.25) is 0 Å². The average molecular weight is 377 g/mol. The molecule has 0 unspecified atom stereocenters. The molecule has 0 bridgehead atoms. The fourth-order valence-electron chi connectivity index (χ4n) is 3.55. The first-order chi connectivity index (χ1) is 13.7. The quantitative estimate of drug-likeness (QED) is 0.735. The van der Waals surface area contributed by atoms with E-state index in [2.05, 4.69) is 21.1 Å². The summed E-state index contributed by atoms with van der Waals surface area (Å²) in [6, 6.07) is 8.13. The van der Waals surface area contributed by atoms with Crippen LogP contribution in [0.4, 0.5) is 5.82 Å².